The number of hydrogen-bond acceptors (Lipinski definition) is 3. The zero-order valence-corrected chi connectivity index (χ0v) is 10.6. The number of unbranched alkanes of at least 4 members (excludes halogenated alkanes) is 1. The second-order valence-electron chi connectivity index (χ2n) is 4.24. The first-order valence-corrected chi connectivity index (χ1v) is 6.05. The van der Waals surface area contributed by atoms with Crippen molar-refractivity contribution in [2.75, 3.05) is 5.32 Å². The minimum atomic E-state index is -1.10. The number of aromatic nitrogens is 1. The van der Waals surface area contributed by atoms with E-state index in [0.29, 0.717) is 0 Å². The van der Waals surface area contributed by atoms with Gasteiger partial charge in [0.05, 0.1) is 0 Å². The normalized spacial score (nSPS) is 11.9. The minimum absolute atomic E-state index is 0.00791. The first-order chi connectivity index (χ1) is 8.56. The lowest BCUT2D eigenvalue weighted by Crippen LogP contribution is -2.22. The molecule has 0 aliphatic heterocycles. The molecule has 0 saturated carbocycles. The van der Waals surface area contributed by atoms with E-state index in [1.807, 2.05) is 6.92 Å². The highest BCUT2D eigenvalue weighted by Crippen LogP contribution is 2.14. The molecule has 18 heavy (non-hydrogen) atoms. The van der Waals surface area contributed by atoms with Gasteiger partial charge in [0.15, 0.2) is 0 Å². The summed E-state index contributed by atoms with van der Waals surface area (Å²) in [5.74, 6) is -1.32. The minimum Gasteiger partial charge on any atom is -0.478 e. The summed E-state index contributed by atoms with van der Waals surface area (Å²) < 4.78 is 0. The summed E-state index contributed by atoms with van der Waals surface area (Å²) in [6, 6.07) is 2.95. The number of amides is 1. The van der Waals surface area contributed by atoms with Crippen LogP contribution >= 0.6 is 0 Å². The quantitative estimate of drug-likeness (QED) is 0.813. The number of hydrogen-bond donors (Lipinski definition) is 2. The highest BCUT2D eigenvalue weighted by Gasteiger charge is 2.17. The summed E-state index contributed by atoms with van der Waals surface area (Å²) in [6.45, 7) is 3.89. The molecule has 1 heterocycles. The lowest BCUT2D eigenvalue weighted by molar-refractivity contribution is -0.119. The summed E-state index contributed by atoms with van der Waals surface area (Å²) in [5.41, 5.74) is 0.00791. The SMILES string of the molecule is CCCCC(C)C(=O)Nc1ncccc1C(=O)O. The third kappa shape index (κ3) is 3.84. The molecule has 1 amide bonds. The molecule has 5 heteroatoms. The molecule has 5 nitrogen and oxygen atoms in total. The van der Waals surface area contributed by atoms with Gasteiger partial charge in [-0.3, -0.25) is 4.79 Å². The standard InChI is InChI=1S/C13H18N2O3/c1-3-4-6-9(2)12(16)15-11-10(13(17)18)7-5-8-14-11/h5,7-9H,3-4,6H2,1-2H3,(H,17,18)(H,14,15,16). The molecule has 2 N–H and O–H groups in total. The molecule has 1 unspecified atom stereocenters. The van der Waals surface area contributed by atoms with Gasteiger partial charge in [-0.2, -0.15) is 0 Å². The molecule has 1 rings (SSSR count). The summed E-state index contributed by atoms with van der Waals surface area (Å²) in [7, 11) is 0. The van der Waals surface area contributed by atoms with E-state index >= 15 is 0 Å². The van der Waals surface area contributed by atoms with Gasteiger partial charge in [0, 0.05) is 12.1 Å². The number of carboxylic acid groups (broad SMARTS) is 1. The zero-order chi connectivity index (χ0) is 13.5. The molecule has 0 fully saturated rings. The molecule has 0 aliphatic rings. The first-order valence-electron chi connectivity index (χ1n) is 6.05. The Hall–Kier alpha value is -1.91. The van der Waals surface area contributed by atoms with E-state index in [2.05, 4.69) is 17.2 Å². The van der Waals surface area contributed by atoms with Crippen LogP contribution < -0.4 is 5.32 Å². The van der Waals surface area contributed by atoms with Gasteiger partial charge in [0.1, 0.15) is 11.4 Å². The summed E-state index contributed by atoms with van der Waals surface area (Å²) in [4.78, 5) is 26.7. The van der Waals surface area contributed by atoms with E-state index in [1.54, 1.807) is 0 Å². The van der Waals surface area contributed by atoms with Crippen molar-refractivity contribution in [1.82, 2.24) is 4.98 Å². The van der Waals surface area contributed by atoms with E-state index in [9.17, 15) is 9.59 Å². The summed E-state index contributed by atoms with van der Waals surface area (Å²) >= 11 is 0. The van der Waals surface area contributed by atoms with Gasteiger partial charge in [0.2, 0.25) is 5.91 Å². The van der Waals surface area contributed by atoms with E-state index in [-0.39, 0.29) is 23.2 Å². The number of nitrogens with zero attached hydrogens (tertiary/aromatic N) is 1. The molecule has 0 aromatic carbocycles. The molecular weight excluding hydrogens is 232 g/mol. The van der Waals surface area contributed by atoms with Gasteiger partial charge in [-0.05, 0) is 18.6 Å². The lowest BCUT2D eigenvalue weighted by atomic mass is 10.0. The van der Waals surface area contributed by atoms with E-state index < -0.39 is 5.97 Å². The van der Waals surface area contributed by atoms with Gasteiger partial charge in [-0.25, -0.2) is 9.78 Å². The van der Waals surface area contributed by atoms with Crippen LogP contribution in [0, 0.1) is 5.92 Å². The number of rotatable bonds is 6. The fourth-order valence-electron chi connectivity index (χ4n) is 1.56. The van der Waals surface area contributed by atoms with Crippen LogP contribution in [0.3, 0.4) is 0 Å². The summed E-state index contributed by atoms with van der Waals surface area (Å²) in [6.07, 6.45) is 4.25. The Balaban J connectivity index is 2.72. The van der Waals surface area contributed by atoms with Crippen molar-refractivity contribution >= 4 is 17.7 Å². The van der Waals surface area contributed by atoms with E-state index in [4.69, 9.17) is 5.11 Å². The van der Waals surface area contributed by atoms with Crippen LogP contribution in [0.2, 0.25) is 0 Å². The van der Waals surface area contributed by atoms with Crippen molar-refractivity contribution in [2.24, 2.45) is 5.92 Å². The predicted octanol–water partition coefficient (Wildman–Crippen LogP) is 2.54. The highest BCUT2D eigenvalue weighted by atomic mass is 16.4. The Labute approximate surface area is 106 Å². The van der Waals surface area contributed by atoms with Crippen molar-refractivity contribution in [3.8, 4) is 0 Å². The topological polar surface area (TPSA) is 79.3 Å². The molecule has 0 saturated heterocycles. The Morgan fingerprint density at radius 1 is 1.50 bits per heavy atom. The number of anilines is 1. The fraction of sp³-hybridized carbons (Fsp3) is 0.462. The van der Waals surface area contributed by atoms with Crippen LogP contribution in [0.5, 0.6) is 0 Å². The number of carbonyl (C=O) groups is 2. The largest absolute Gasteiger partial charge is 0.478 e. The molecule has 0 aliphatic carbocycles. The van der Waals surface area contributed by atoms with Gasteiger partial charge in [-0.15, -0.1) is 0 Å². The van der Waals surface area contributed by atoms with Crippen LogP contribution in [0.25, 0.3) is 0 Å². The van der Waals surface area contributed by atoms with E-state index in [0.717, 1.165) is 19.3 Å². The molecular formula is C13H18N2O3. The van der Waals surface area contributed by atoms with Crippen molar-refractivity contribution in [2.45, 2.75) is 33.1 Å². The summed E-state index contributed by atoms with van der Waals surface area (Å²) in [5, 5.41) is 11.5. The maximum atomic E-state index is 11.8. The Morgan fingerprint density at radius 3 is 2.83 bits per heavy atom. The fourth-order valence-corrected chi connectivity index (χ4v) is 1.56. The average Bonchev–Trinajstić information content (AvgIpc) is 2.36. The lowest BCUT2D eigenvalue weighted by Gasteiger charge is -2.12. The Morgan fingerprint density at radius 2 is 2.22 bits per heavy atom. The first kappa shape index (κ1) is 14.2. The molecule has 1 aromatic heterocycles. The number of carbonyl (C=O) groups excluding carboxylic acids is 1. The number of aromatic carboxylic acids is 1. The molecule has 0 radical (unpaired) electrons. The van der Waals surface area contributed by atoms with Gasteiger partial charge in [0.25, 0.3) is 0 Å². The van der Waals surface area contributed by atoms with Crippen LogP contribution in [0.4, 0.5) is 5.82 Å². The van der Waals surface area contributed by atoms with Crippen LogP contribution in [-0.2, 0) is 4.79 Å². The maximum absolute atomic E-state index is 11.8. The Bertz CT molecular complexity index is 432. The van der Waals surface area contributed by atoms with Crippen molar-refractivity contribution in [1.29, 1.82) is 0 Å². The molecule has 0 bridgehead atoms. The molecule has 1 aromatic rings. The average molecular weight is 250 g/mol. The molecule has 0 spiro atoms. The molecule has 1 atom stereocenters. The Kier molecular flexibility index (Phi) is 5.30. The monoisotopic (exact) mass is 250 g/mol. The van der Waals surface area contributed by atoms with Gasteiger partial charge >= 0.3 is 5.97 Å². The van der Waals surface area contributed by atoms with Crippen LogP contribution in [-0.4, -0.2) is 22.0 Å². The van der Waals surface area contributed by atoms with Crippen molar-refractivity contribution < 1.29 is 14.7 Å². The second kappa shape index (κ2) is 6.74. The highest BCUT2D eigenvalue weighted by molar-refractivity contribution is 5.99. The van der Waals surface area contributed by atoms with Crippen LogP contribution in [0.1, 0.15) is 43.5 Å². The van der Waals surface area contributed by atoms with Gasteiger partial charge in [-0.1, -0.05) is 26.7 Å². The molecule has 98 valence electrons. The smallest absolute Gasteiger partial charge is 0.339 e. The van der Waals surface area contributed by atoms with Crippen LogP contribution in [0.15, 0.2) is 18.3 Å². The van der Waals surface area contributed by atoms with Crippen molar-refractivity contribution in [3.05, 3.63) is 23.9 Å². The predicted molar refractivity (Wildman–Crippen MR) is 68.5 cm³/mol. The maximum Gasteiger partial charge on any atom is 0.339 e. The third-order valence-electron chi connectivity index (χ3n) is 2.72. The van der Waals surface area contributed by atoms with Crippen molar-refractivity contribution in [3.63, 3.8) is 0 Å². The third-order valence-corrected chi connectivity index (χ3v) is 2.72. The van der Waals surface area contributed by atoms with E-state index in [1.165, 1.54) is 18.3 Å². The number of carboxylic acids is 1. The zero-order valence-electron chi connectivity index (χ0n) is 10.6. The number of nitrogens with one attached hydrogen (secondary N) is 1. The number of pyridine rings is 1. The van der Waals surface area contributed by atoms with Gasteiger partial charge < -0.3 is 10.4 Å². The second-order valence-corrected chi connectivity index (χ2v) is 4.24.